The quantitative estimate of drug-likeness (QED) is 0.711. The number of nitrogens with zero attached hydrogens (tertiary/aromatic N) is 3. The van der Waals surface area contributed by atoms with E-state index >= 15 is 0 Å². The Balaban J connectivity index is 2.08. The summed E-state index contributed by atoms with van der Waals surface area (Å²) in [5.74, 6) is 2.21. The van der Waals surface area contributed by atoms with Gasteiger partial charge in [0.2, 0.25) is 0 Å². The number of rotatable bonds is 5. The molecule has 0 bridgehead atoms. The third-order valence-electron chi connectivity index (χ3n) is 3.79. The fourth-order valence-corrected chi connectivity index (χ4v) is 3.31. The van der Waals surface area contributed by atoms with Gasteiger partial charge in [0.25, 0.3) is 0 Å². The smallest absolute Gasteiger partial charge is 0.171 e. The van der Waals surface area contributed by atoms with Crippen molar-refractivity contribution in [2.45, 2.75) is 19.9 Å². The molecular formula is C17H19N3O2S. The van der Waals surface area contributed by atoms with Crippen molar-refractivity contribution in [2.24, 2.45) is 0 Å². The number of hydrogen-bond acceptors (Lipinski definition) is 5. The summed E-state index contributed by atoms with van der Waals surface area (Å²) in [6.07, 6.45) is 3.76. The zero-order chi connectivity index (χ0) is 16.4. The molecule has 1 atom stereocenters. The Morgan fingerprint density at radius 3 is 2.70 bits per heavy atom. The van der Waals surface area contributed by atoms with E-state index in [-0.39, 0.29) is 6.04 Å². The number of benzene rings is 1. The molecule has 2 aromatic heterocycles. The zero-order valence-electron chi connectivity index (χ0n) is 13.6. The molecule has 0 fully saturated rings. The van der Waals surface area contributed by atoms with Crippen LogP contribution in [0.5, 0.6) is 11.5 Å². The van der Waals surface area contributed by atoms with E-state index < -0.39 is 0 Å². The first-order valence-electron chi connectivity index (χ1n) is 7.32. The van der Waals surface area contributed by atoms with E-state index in [9.17, 15) is 0 Å². The van der Waals surface area contributed by atoms with Crippen LogP contribution in [0.3, 0.4) is 0 Å². The number of aryl methyl sites for hydroxylation is 1. The van der Waals surface area contributed by atoms with Crippen LogP contribution in [-0.2, 0) is 0 Å². The Labute approximate surface area is 139 Å². The molecular weight excluding hydrogens is 310 g/mol. The van der Waals surface area contributed by atoms with Crippen LogP contribution in [0.1, 0.15) is 23.7 Å². The number of thiazole rings is 1. The maximum absolute atomic E-state index is 5.54. The van der Waals surface area contributed by atoms with Crippen LogP contribution < -0.4 is 9.47 Å². The fraction of sp³-hybridized carbons (Fsp3) is 0.294. The summed E-state index contributed by atoms with van der Waals surface area (Å²) in [6, 6.07) is 5.89. The van der Waals surface area contributed by atoms with Crippen molar-refractivity contribution in [3.63, 3.8) is 0 Å². The highest BCUT2D eigenvalue weighted by Crippen LogP contribution is 2.38. The molecule has 3 rings (SSSR count). The summed E-state index contributed by atoms with van der Waals surface area (Å²) in [5.41, 5.74) is 1.93. The van der Waals surface area contributed by atoms with E-state index in [0.717, 1.165) is 22.1 Å². The maximum Gasteiger partial charge on any atom is 0.171 e. The summed E-state index contributed by atoms with van der Waals surface area (Å²) in [5, 5.41) is 3.15. The van der Waals surface area contributed by atoms with Crippen LogP contribution in [0.4, 0.5) is 0 Å². The lowest BCUT2D eigenvalue weighted by molar-refractivity contribution is 0.356. The van der Waals surface area contributed by atoms with E-state index in [1.54, 1.807) is 31.8 Å². The van der Waals surface area contributed by atoms with Crippen molar-refractivity contribution in [3.05, 3.63) is 46.7 Å². The van der Waals surface area contributed by atoms with Gasteiger partial charge in [-0.2, -0.15) is 0 Å². The minimum atomic E-state index is 0.0911. The highest BCUT2D eigenvalue weighted by atomic mass is 32.1. The number of imidazole rings is 1. The largest absolute Gasteiger partial charge is 0.493 e. The van der Waals surface area contributed by atoms with E-state index in [2.05, 4.69) is 26.8 Å². The number of hydrogen-bond donors (Lipinski definition) is 0. The predicted octanol–water partition coefficient (Wildman–Crippen LogP) is 3.94. The van der Waals surface area contributed by atoms with Gasteiger partial charge in [-0.1, -0.05) is 6.07 Å². The summed E-state index contributed by atoms with van der Waals surface area (Å²) >= 11 is 1.66. The molecule has 0 saturated heterocycles. The van der Waals surface area contributed by atoms with E-state index in [1.807, 2.05) is 31.3 Å². The van der Waals surface area contributed by atoms with Gasteiger partial charge in [-0.05, 0) is 26.0 Å². The van der Waals surface area contributed by atoms with Gasteiger partial charge in [-0.25, -0.2) is 9.97 Å². The second kappa shape index (κ2) is 6.42. The normalized spacial score (nSPS) is 12.2. The average Bonchev–Trinajstić information content (AvgIpc) is 3.22. The van der Waals surface area contributed by atoms with Crippen LogP contribution >= 0.6 is 11.3 Å². The summed E-state index contributed by atoms with van der Waals surface area (Å²) < 4.78 is 13.0. The molecule has 5 nitrogen and oxygen atoms in total. The van der Waals surface area contributed by atoms with Gasteiger partial charge in [0.15, 0.2) is 11.5 Å². The SMILES string of the molecule is COc1cccc(-c2nccn2C(C)c2csc(C)n2)c1OC. The van der Waals surface area contributed by atoms with Crippen molar-refractivity contribution >= 4 is 11.3 Å². The number of para-hydroxylation sites is 1. The Kier molecular flexibility index (Phi) is 4.34. The highest BCUT2D eigenvalue weighted by molar-refractivity contribution is 7.09. The molecule has 6 heteroatoms. The van der Waals surface area contributed by atoms with Gasteiger partial charge in [0, 0.05) is 17.8 Å². The first-order valence-corrected chi connectivity index (χ1v) is 8.20. The van der Waals surface area contributed by atoms with Crippen LogP contribution in [0, 0.1) is 6.92 Å². The van der Waals surface area contributed by atoms with Gasteiger partial charge in [0.1, 0.15) is 5.82 Å². The van der Waals surface area contributed by atoms with Gasteiger partial charge >= 0.3 is 0 Å². The second-order valence-electron chi connectivity index (χ2n) is 5.17. The van der Waals surface area contributed by atoms with Crippen molar-refractivity contribution in [1.82, 2.24) is 14.5 Å². The average molecular weight is 329 g/mol. The third kappa shape index (κ3) is 2.82. The molecule has 0 spiro atoms. The van der Waals surface area contributed by atoms with E-state index in [1.165, 1.54) is 0 Å². The minimum absolute atomic E-state index is 0.0911. The number of ether oxygens (including phenoxy) is 2. The van der Waals surface area contributed by atoms with Crippen molar-refractivity contribution in [2.75, 3.05) is 14.2 Å². The molecule has 3 aromatic rings. The number of aromatic nitrogens is 3. The van der Waals surface area contributed by atoms with Crippen molar-refractivity contribution in [1.29, 1.82) is 0 Å². The summed E-state index contributed by atoms with van der Waals surface area (Å²) in [6.45, 7) is 4.13. The van der Waals surface area contributed by atoms with E-state index in [0.29, 0.717) is 11.5 Å². The van der Waals surface area contributed by atoms with E-state index in [4.69, 9.17) is 9.47 Å². The van der Waals surface area contributed by atoms with Gasteiger partial charge in [-0.15, -0.1) is 11.3 Å². The second-order valence-corrected chi connectivity index (χ2v) is 6.23. The van der Waals surface area contributed by atoms with Crippen molar-refractivity contribution < 1.29 is 9.47 Å². The Bertz CT molecular complexity index is 810. The third-order valence-corrected chi connectivity index (χ3v) is 4.59. The first kappa shape index (κ1) is 15.6. The molecule has 1 aromatic carbocycles. The lowest BCUT2D eigenvalue weighted by atomic mass is 10.1. The molecule has 120 valence electrons. The molecule has 0 aliphatic rings. The molecule has 23 heavy (non-hydrogen) atoms. The van der Waals surface area contributed by atoms with Gasteiger partial charge < -0.3 is 14.0 Å². The molecule has 0 N–H and O–H groups in total. The van der Waals surface area contributed by atoms with Crippen molar-refractivity contribution in [3.8, 4) is 22.9 Å². The molecule has 0 aliphatic heterocycles. The zero-order valence-corrected chi connectivity index (χ0v) is 14.4. The Morgan fingerprint density at radius 1 is 1.22 bits per heavy atom. The predicted molar refractivity (Wildman–Crippen MR) is 91.4 cm³/mol. The monoisotopic (exact) mass is 329 g/mol. The van der Waals surface area contributed by atoms with Gasteiger partial charge in [-0.3, -0.25) is 0 Å². The molecule has 0 amide bonds. The molecule has 0 aliphatic carbocycles. The first-order chi connectivity index (χ1) is 11.2. The summed E-state index contributed by atoms with van der Waals surface area (Å²) in [4.78, 5) is 9.12. The lowest BCUT2D eigenvalue weighted by Gasteiger charge is -2.17. The van der Waals surface area contributed by atoms with Crippen LogP contribution in [-0.4, -0.2) is 28.8 Å². The Morgan fingerprint density at radius 2 is 2.04 bits per heavy atom. The summed E-state index contributed by atoms with van der Waals surface area (Å²) in [7, 11) is 3.27. The van der Waals surface area contributed by atoms with Crippen LogP contribution in [0.2, 0.25) is 0 Å². The molecule has 2 heterocycles. The van der Waals surface area contributed by atoms with Gasteiger partial charge in [0.05, 0.1) is 36.5 Å². The van der Waals surface area contributed by atoms with Crippen LogP contribution in [0.25, 0.3) is 11.4 Å². The standard InChI is InChI=1S/C17H19N3O2S/c1-11(14-10-23-12(2)19-14)20-9-8-18-17(20)13-6-5-7-15(21-3)16(13)22-4/h5-11H,1-4H3. The fourth-order valence-electron chi connectivity index (χ4n) is 2.61. The molecule has 1 unspecified atom stereocenters. The highest BCUT2D eigenvalue weighted by Gasteiger charge is 2.20. The Hall–Kier alpha value is -2.34. The maximum atomic E-state index is 5.54. The van der Waals surface area contributed by atoms with Crippen LogP contribution in [0.15, 0.2) is 36.0 Å². The molecule has 0 saturated carbocycles. The lowest BCUT2D eigenvalue weighted by Crippen LogP contribution is -2.08. The topological polar surface area (TPSA) is 49.2 Å². The molecule has 0 radical (unpaired) electrons. The minimum Gasteiger partial charge on any atom is -0.493 e. The number of methoxy groups -OCH3 is 2.